The van der Waals surface area contributed by atoms with Crippen LogP contribution in [0.15, 0.2) is 42.5 Å². The number of rotatable bonds is 4. The number of phenolic OH excluding ortho intramolecular Hbond substituents is 3. The molecule has 2 unspecified atom stereocenters. The Morgan fingerprint density at radius 3 is 2.00 bits per heavy atom. The van der Waals surface area contributed by atoms with Crippen molar-refractivity contribution in [3.63, 3.8) is 0 Å². The molecule has 2 aromatic carbocycles. The number of benzene rings is 2. The molecule has 106 valence electrons. The van der Waals surface area contributed by atoms with E-state index in [1.165, 1.54) is 30.3 Å². The molecule has 5 nitrogen and oxygen atoms in total. The highest BCUT2D eigenvalue weighted by Gasteiger charge is 2.25. The second-order valence-corrected chi connectivity index (χ2v) is 4.56. The van der Waals surface area contributed by atoms with Crippen LogP contribution in [-0.4, -0.2) is 38.2 Å². The molecule has 0 amide bonds. The van der Waals surface area contributed by atoms with Crippen molar-refractivity contribution < 1.29 is 25.5 Å². The maximum atomic E-state index is 10.0. The summed E-state index contributed by atoms with van der Waals surface area (Å²) in [6.45, 7) is -0.480. The lowest BCUT2D eigenvalue weighted by Gasteiger charge is -2.23. The SMILES string of the molecule is OCC(O)C(c1ccc(O)cc1)c1ccc(O)cc1O. The molecule has 0 radical (unpaired) electrons. The van der Waals surface area contributed by atoms with Gasteiger partial charge in [0.1, 0.15) is 17.2 Å². The lowest BCUT2D eigenvalue weighted by molar-refractivity contribution is 0.0816. The summed E-state index contributed by atoms with van der Waals surface area (Å²) < 4.78 is 0. The third kappa shape index (κ3) is 2.84. The number of aliphatic hydroxyl groups is 2. The number of hydrogen-bond acceptors (Lipinski definition) is 5. The molecule has 0 aliphatic heterocycles. The molecule has 5 heteroatoms. The molecule has 0 saturated heterocycles. The minimum atomic E-state index is -1.12. The fourth-order valence-electron chi connectivity index (χ4n) is 2.19. The van der Waals surface area contributed by atoms with Crippen LogP contribution in [0.5, 0.6) is 17.2 Å². The predicted molar refractivity (Wildman–Crippen MR) is 72.8 cm³/mol. The zero-order chi connectivity index (χ0) is 14.7. The summed E-state index contributed by atoms with van der Waals surface area (Å²) in [6, 6.07) is 10.2. The first-order valence-corrected chi connectivity index (χ1v) is 6.12. The maximum Gasteiger partial charge on any atom is 0.123 e. The van der Waals surface area contributed by atoms with Crippen LogP contribution in [-0.2, 0) is 0 Å². The van der Waals surface area contributed by atoms with E-state index >= 15 is 0 Å². The topological polar surface area (TPSA) is 101 Å². The highest BCUT2D eigenvalue weighted by atomic mass is 16.3. The van der Waals surface area contributed by atoms with Crippen LogP contribution >= 0.6 is 0 Å². The minimum absolute atomic E-state index is 0.0842. The van der Waals surface area contributed by atoms with E-state index in [2.05, 4.69) is 0 Å². The van der Waals surface area contributed by atoms with Crippen LogP contribution in [0, 0.1) is 0 Å². The summed E-state index contributed by atoms with van der Waals surface area (Å²) in [6.07, 6.45) is -1.12. The second-order valence-electron chi connectivity index (χ2n) is 4.56. The zero-order valence-corrected chi connectivity index (χ0v) is 10.6. The maximum absolute atomic E-state index is 10.0. The molecule has 20 heavy (non-hydrogen) atoms. The molecule has 2 rings (SSSR count). The van der Waals surface area contributed by atoms with E-state index in [-0.39, 0.29) is 17.2 Å². The molecule has 5 N–H and O–H groups in total. The van der Waals surface area contributed by atoms with E-state index in [4.69, 9.17) is 0 Å². The molecule has 2 aromatic rings. The Labute approximate surface area is 116 Å². The summed E-state index contributed by atoms with van der Waals surface area (Å²) >= 11 is 0. The van der Waals surface area contributed by atoms with Gasteiger partial charge in [-0.3, -0.25) is 0 Å². The summed E-state index contributed by atoms with van der Waals surface area (Å²) in [7, 11) is 0. The van der Waals surface area contributed by atoms with Crippen molar-refractivity contribution in [1.82, 2.24) is 0 Å². The van der Waals surface area contributed by atoms with Gasteiger partial charge in [-0.1, -0.05) is 18.2 Å². The lowest BCUT2D eigenvalue weighted by Crippen LogP contribution is -2.23. The molecule has 0 heterocycles. The van der Waals surface area contributed by atoms with Crippen LogP contribution < -0.4 is 0 Å². The first-order valence-electron chi connectivity index (χ1n) is 6.12. The van der Waals surface area contributed by atoms with Gasteiger partial charge >= 0.3 is 0 Å². The molecule has 0 saturated carbocycles. The minimum Gasteiger partial charge on any atom is -0.508 e. The van der Waals surface area contributed by atoms with E-state index in [1.54, 1.807) is 12.1 Å². The number of aliphatic hydroxyl groups excluding tert-OH is 2. The quantitative estimate of drug-likeness (QED) is 0.579. The Morgan fingerprint density at radius 2 is 1.45 bits per heavy atom. The third-order valence-electron chi connectivity index (χ3n) is 3.17. The molecular formula is C15H16O5. The molecule has 0 bridgehead atoms. The average Bonchev–Trinajstić information content (AvgIpc) is 2.43. The van der Waals surface area contributed by atoms with Crippen molar-refractivity contribution in [2.75, 3.05) is 6.61 Å². The number of phenols is 3. The summed E-state index contributed by atoms with van der Waals surface area (Å²) in [4.78, 5) is 0. The predicted octanol–water partition coefficient (Wildman–Crippen LogP) is 1.29. The monoisotopic (exact) mass is 276 g/mol. The van der Waals surface area contributed by atoms with Gasteiger partial charge in [0.25, 0.3) is 0 Å². The highest BCUT2D eigenvalue weighted by Crippen LogP contribution is 2.36. The normalized spacial score (nSPS) is 13.9. The molecule has 0 fully saturated rings. The van der Waals surface area contributed by atoms with Gasteiger partial charge < -0.3 is 25.5 Å². The molecule has 0 spiro atoms. The average molecular weight is 276 g/mol. The fraction of sp³-hybridized carbons (Fsp3) is 0.200. The van der Waals surface area contributed by atoms with Gasteiger partial charge in [-0.2, -0.15) is 0 Å². The Kier molecular flexibility index (Phi) is 4.12. The molecule has 0 aliphatic rings. The number of hydrogen-bond donors (Lipinski definition) is 5. The molecule has 0 aromatic heterocycles. The van der Waals surface area contributed by atoms with E-state index in [0.29, 0.717) is 11.1 Å². The summed E-state index contributed by atoms with van der Waals surface area (Å²) in [5.41, 5.74) is 1.01. The standard InChI is InChI=1S/C15H16O5/c16-8-14(20)15(9-1-3-10(17)4-2-9)12-6-5-11(18)7-13(12)19/h1-7,14-20H,8H2. The van der Waals surface area contributed by atoms with Gasteiger partial charge in [-0.15, -0.1) is 0 Å². The van der Waals surface area contributed by atoms with Gasteiger partial charge in [0.15, 0.2) is 0 Å². The van der Waals surface area contributed by atoms with Crippen molar-refractivity contribution >= 4 is 0 Å². The van der Waals surface area contributed by atoms with Crippen molar-refractivity contribution in [3.8, 4) is 17.2 Å². The largest absolute Gasteiger partial charge is 0.508 e. The molecular weight excluding hydrogens is 260 g/mol. The fourth-order valence-corrected chi connectivity index (χ4v) is 2.19. The second kappa shape index (κ2) is 5.81. The smallest absolute Gasteiger partial charge is 0.123 e. The van der Waals surface area contributed by atoms with Crippen molar-refractivity contribution in [3.05, 3.63) is 53.6 Å². The zero-order valence-electron chi connectivity index (χ0n) is 10.6. The van der Waals surface area contributed by atoms with Gasteiger partial charge in [-0.05, 0) is 23.8 Å². The lowest BCUT2D eigenvalue weighted by atomic mass is 9.86. The van der Waals surface area contributed by atoms with Crippen LogP contribution in [0.3, 0.4) is 0 Å². The highest BCUT2D eigenvalue weighted by molar-refractivity contribution is 5.46. The first kappa shape index (κ1) is 14.2. The third-order valence-corrected chi connectivity index (χ3v) is 3.17. The van der Waals surface area contributed by atoms with Crippen molar-refractivity contribution in [1.29, 1.82) is 0 Å². The van der Waals surface area contributed by atoms with E-state index < -0.39 is 18.6 Å². The summed E-state index contributed by atoms with van der Waals surface area (Å²) in [5.74, 6) is -0.841. The van der Waals surface area contributed by atoms with E-state index in [0.717, 1.165) is 0 Å². The molecule has 2 atom stereocenters. The van der Waals surface area contributed by atoms with E-state index in [1.807, 2.05) is 0 Å². The Morgan fingerprint density at radius 1 is 0.850 bits per heavy atom. The van der Waals surface area contributed by atoms with Crippen LogP contribution in [0.1, 0.15) is 17.0 Å². The van der Waals surface area contributed by atoms with E-state index in [9.17, 15) is 25.5 Å². The summed E-state index contributed by atoms with van der Waals surface area (Å²) in [5, 5.41) is 47.7. The van der Waals surface area contributed by atoms with Crippen LogP contribution in [0.4, 0.5) is 0 Å². The Hall–Kier alpha value is -2.24. The first-order chi connectivity index (χ1) is 9.52. The number of aromatic hydroxyl groups is 3. The van der Waals surface area contributed by atoms with Crippen molar-refractivity contribution in [2.24, 2.45) is 0 Å². The van der Waals surface area contributed by atoms with Gasteiger partial charge in [0.2, 0.25) is 0 Å². The van der Waals surface area contributed by atoms with Crippen molar-refractivity contribution in [2.45, 2.75) is 12.0 Å². The Balaban J connectivity index is 2.49. The van der Waals surface area contributed by atoms with Crippen LogP contribution in [0.2, 0.25) is 0 Å². The molecule has 0 aliphatic carbocycles. The van der Waals surface area contributed by atoms with Gasteiger partial charge in [0.05, 0.1) is 12.7 Å². The van der Waals surface area contributed by atoms with Gasteiger partial charge in [0, 0.05) is 17.5 Å². The Bertz CT molecular complexity index is 579. The van der Waals surface area contributed by atoms with Gasteiger partial charge in [-0.25, -0.2) is 0 Å². The van der Waals surface area contributed by atoms with Crippen LogP contribution in [0.25, 0.3) is 0 Å².